The summed E-state index contributed by atoms with van der Waals surface area (Å²) in [5, 5.41) is 2.79. The van der Waals surface area contributed by atoms with E-state index in [1.54, 1.807) is 38.3 Å². The van der Waals surface area contributed by atoms with Crippen molar-refractivity contribution in [1.29, 1.82) is 0 Å². The van der Waals surface area contributed by atoms with Gasteiger partial charge < -0.3 is 19.5 Å². The van der Waals surface area contributed by atoms with Crippen molar-refractivity contribution in [2.75, 3.05) is 26.9 Å². The van der Waals surface area contributed by atoms with Gasteiger partial charge in [-0.05, 0) is 44.5 Å². The van der Waals surface area contributed by atoms with E-state index in [-0.39, 0.29) is 23.3 Å². The molecule has 0 bridgehead atoms. The van der Waals surface area contributed by atoms with Crippen LogP contribution in [0, 0.1) is 5.92 Å². The number of ether oxygens (including phenoxy) is 3. The van der Waals surface area contributed by atoms with Crippen molar-refractivity contribution in [3.05, 3.63) is 52.5 Å². The minimum atomic E-state index is -3.71. The molecule has 1 aliphatic rings. The highest BCUT2D eigenvalue weighted by Gasteiger charge is 2.32. The number of rotatable bonds is 5. The van der Waals surface area contributed by atoms with Gasteiger partial charge in [0.15, 0.2) is 5.44 Å². The fraction of sp³-hybridized carbons (Fsp3) is 0.522. The second kappa shape index (κ2) is 12.6. The highest BCUT2D eigenvalue weighted by atomic mass is 79.9. The Morgan fingerprint density at radius 2 is 1.91 bits per heavy atom. The van der Waals surface area contributed by atoms with Crippen LogP contribution in [0.4, 0.5) is 0 Å². The van der Waals surface area contributed by atoms with Crippen molar-refractivity contribution in [1.82, 2.24) is 5.32 Å². The number of nitrogens with one attached hydrogen (secondary N) is 1. The van der Waals surface area contributed by atoms with Crippen LogP contribution < -0.4 is 5.32 Å². The molecule has 7 nitrogen and oxygen atoms in total. The zero-order valence-corrected chi connectivity index (χ0v) is 21.3. The van der Waals surface area contributed by atoms with E-state index in [1.165, 1.54) is 0 Å². The third-order valence-corrected chi connectivity index (χ3v) is 7.55. The van der Waals surface area contributed by atoms with Gasteiger partial charge in [-0.2, -0.15) is 0 Å². The standard InChI is InChI=1S/C23H32BrNO6S/c1-16-13-17(2)23(21(29-4)7-5-6-12-25-22(26)15-30-14-16)31-18(3)32(27,28)20-10-8-19(24)9-11-20/h5,7-11,13,17-18,21,23H,6,12,14-15H2,1-4H3,(H,25,26)/b7-5+,16-13-/t17-,18?,21+,23+/m1/s1. The van der Waals surface area contributed by atoms with Crippen LogP contribution in [0.15, 0.2) is 57.4 Å². The van der Waals surface area contributed by atoms with Crippen LogP contribution in [0.3, 0.4) is 0 Å². The van der Waals surface area contributed by atoms with Crippen LogP contribution in [0.25, 0.3) is 0 Å². The SMILES string of the molecule is CO[C@H]1/C=C/CCNC(=O)COC/C(C)=C\[C@@H](C)[C@@H]1OC(C)S(=O)(=O)c1ccc(Br)cc1. The molecule has 2 rings (SSSR count). The van der Waals surface area contributed by atoms with E-state index in [9.17, 15) is 13.2 Å². The van der Waals surface area contributed by atoms with Crippen LogP contribution in [0.5, 0.6) is 0 Å². The molecule has 1 N–H and O–H groups in total. The first-order valence-corrected chi connectivity index (χ1v) is 12.8. The van der Waals surface area contributed by atoms with Crippen molar-refractivity contribution in [2.45, 2.75) is 49.7 Å². The number of halogens is 1. The van der Waals surface area contributed by atoms with E-state index >= 15 is 0 Å². The Labute approximate surface area is 199 Å². The predicted octanol–water partition coefficient (Wildman–Crippen LogP) is 3.64. The van der Waals surface area contributed by atoms with E-state index in [4.69, 9.17) is 14.2 Å². The number of carbonyl (C=O) groups excluding carboxylic acids is 1. The first kappa shape index (κ1) is 26.7. The molecule has 0 saturated heterocycles. The number of benzene rings is 1. The van der Waals surface area contributed by atoms with Crippen LogP contribution in [-0.2, 0) is 28.8 Å². The number of hydrogen-bond acceptors (Lipinski definition) is 6. The zero-order chi connectivity index (χ0) is 23.7. The average molecular weight is 530 g/mol. The maximum Gasteiger partial charge on any atom is 0.246 e. The Morgan fingerprint density at radius 3 is 2.56 bits per heavy atom. The number of carbonyl (C=O) groups is 1. The molecule has 1 aliphatic heterocycles. The predicted molar refractivity (Wildman–Crippen MR) is 127 cm³/mol. The van der Waals surface area contributed by atoms with Gasteiger partial charge in [-0.25, -0.2) is 8.42 Å². The molecule has 0 radical (unpaired) electrons. The van der Waals surface area contributed by atoms with E-state index in [0.717, 1.165) is 10.0 Å². The van der Waals surface area contributed by atoms with E-state index < -0.39 is 27.5 Å². The molecule has 0 aromatic heterocycles. The molecule has 1 heterocycles. The maximum absolute atomic E-state index is 13.1. The Bertz CT molecular complexity index is 913. The summed E-state index contributed by atoms with van der Waals surface area (Å²) in [6, 6.07) is 6.49. The fourth-order valence-corrected chi connectivity index (χ4v) is 4.84. The molecule has 1 unspecified atom stereocenters. The first-order chi connectivity index (χ1) is 15.1. The Morgan fingerprint density at radius 1 is 1.22 bits per heavy atom. The molecule has 1 aromatic rings. The normalized spacial score (nSPS) is 27.5. The average Bonchev–Trinajstić information content (AvgIpc) is 2.74. The summed E-state index contributed by atoms with van der Waals surface area (Å²) in [6.45, 7) is 6.15. The largest absolute Gasteiger partial charge is 0.375 e. The summed E-state index contributed by atoms with van der Waals surface area (Å²) in [5.41, 5.74) is -0.163. The molecule has 1 aromatic carbocycles. The van der Waals surface area contributed by atoms with Crippen molar-refractivity contribution in [2.24, 2.45) is 5.92 Å². The minimum Gasteiger partial charge on any atom is -0.375 e. The third kappa shape index (κ3) is 7.81. The molecule has 0 aliphatic carbocycles. The molecule has 1 amide bonds. The number of amides is 1. The Kier molecular flexibility index (Phi) is 10.6. The summed E-state index contributed by atoms with van der Waals surface area (Å²) < 4.78 is 44.3. The summed E-state index contributed by atoms with van der Waals surface area (Å²) in [4.78, 5) is 12.0. The lowest BCUT2D eigenvalue weighted by Crippen LogP contribution is -2.39. The number of hydrogen-bond donors (Lipinski definition) is 1. The highest BCUT2D eigenvalue weighted by molar-refractivity contribution is 9.10. The molecular weight excluding hydrogens is 498 g/mol. The summed E-state index contributed by atoms with van der Waals surface area (Å²) in [6.07, 6.45) is 5.30. The van der Waals surface area contributed by atoms with Gasteiger partial charge in [0, 0.05) is 24.0 Å². The lowest BCUT2D eigenvalue weighted by molar-refractivity contribution is -0.125. The van der Waals surface area contributed by atoms with Gasteiger partial charge in [-0.3, -0.25) is 4.79 Å². The van der Waals surface area contributed by atoms with Gasteiger partial charge in [0.05, 0.1) is 17.6 Å². The van der Waals surface area contributed by atoms with E-state index in [0.29, 0.717) is 19.6 Å². The lowest BCUT2D eigenvalue weighted by Gasteiger charge is -2.31. The van der Waals surface area contributed by atoms with Crippen LogP contribution in [0.1, 0.15) is 27.2 Å². The summed E-state index contributed by atoms with van der Waals surface area (Å²) in [5.74, 6) is -0.333. The number of sulfone groups is 1. The van der Waals surface area contributed by atoms with E-state index in [2.05, 4.69) is 21.2 Å². The Balaban J connectivity index is 2.30. The second-order valence-electron chi connectivity index (χ2n) is 7.80. The van der Waals surface area contributed by atoms with E-state index in [1.807, 2.05) is 32.1 Å². The highest BCUT2D eigenvalue weighted by Crippen LogP contribution is 2.25. The quantitative estimate of drug-likeness (QED) is 0.585. The van der Waals surface area contributed by atoms with Crippen molar-refractivity contribution in [3.63, 3.8) is 0 Å². The van der Waals surface area contributed by atoms with Crippen LogP contribution in [0.2, 0.25) is 0 Å². The fourth-order valence-electron chi connectivity index (χ4n) is 3.41. The van der Waals surface area contributed by atoms with Gasteiger partial charge in [0.25, 0.3) is 0 Å². The summed E-state index contributed by atoms with van der Waals surface area (Å²) >= 11 is 3.33. The molecule has 178 valence electrons. The number of methoxy groups -OCH3 is 1. The van der Waals surface area contributed by atoms with Crippen molar-refractivity contribution >= 4 is 31.7 Å². The van der Waals surface area contributed by atoms with Gasteiger partial charge in [-0.15, -0.1) is 0 Å². The topological polar surface area (TPSA) is 90.9 Å². The zero-order valence-electron chi connectivity index (χ0n) is 18.9. The lowest BCUT2D eigenvalue weighted by atomic mass is 9.96. The van der Waals surface area contributed by atoms with Crippen molar-refractivity contribution < 1.29 is 27.4 Å². The molecule has 9 heteroatoms. The minimum absolute atomic E-state index is 0.00757. The van der Waals surface area contributed by atoms with Gasteiger partial charge in [-0.1, -0.05) is 46.7 Å². The molecular formula is C23H32BrNO6S. The smallest absolute Gasteiger partial charge is 0.246 e. The molecule has 4 atom stereocenters. The van der Waals surface area contributed by atoms with Gasteiger partial charge in [0.2, 0.25) is 15.7 Å². The van der Waals surface area contributed by atoms with Gasteiger partial charge in [0.1, 0.15) is 12.7 Å². The van der Waals surface area contributed by atoms with Crippen molar-refractivity contribution in [3.8, 4) is 0 Å². The maximum atomic E-state index is 13.1. The molecule has 0 saturated carbocycles. The van der Waals surface area contributed by atoms with Crippen LogP contribution >= 0.6 is 15.9 Å². The Hall–Kier alpha value is -1.52. The molecule has 32 heavy (non-hydrogen) atoms. The third-order valence-electron chi connectivity index (χ3n) is 5.11. The molecule has 0 fully saturated rings. The van der Waals surface area contributed by atoms with Gasteiger partial charge >= 0.3 is 0 Å². The second-order valence-corrected chi connectivity index (χ2v) is 10.9. The summed E-state index contributed by atoms with van der Waals surface area (Å²) in [7, 11) is -2.14. The molecule has 0 spiro atoms. The van der Waals surface area contributed by atoms with Crippen LogP contribution in [-0.4, -0.2) is 58.8 Å². The monoisotopic (exact) mass is 529 g/mol. The first-order valence-electron chi connectivity index (χ1n) is 10.5.